The first kappa shape index (κ1) is 17.0. The number of benzene rings is 1. The minimum absolute atomic E-state index is 0.354. The molecule has 2 fully saturated rings. The normalized spacial score (nSPS) is 22.4. The Hall–Kier alpha value is -1.88. The molecule has 3 rings (SSSR count). The van der Waals surface area contributed by atoms with E-state index in [0.717, 1.165) is 25.1 Å². The third-order valence-corrected chi connectivity index (χ3v) is 4.91. The molecule has 130 valence electrons. The van der Waals surface area contributed by atoms with Crippen LogP contribution in [0.5, 0.6) is 0 Å². The average Bonchev–Trinajstić information content (AvgIpc) is 2.60. The molecule has 2 amide bonds. The Morgan fingerprint density at radius 1 is 1.12 bits per heavy atom. The minimum atomic E-state index is -0.421. The van der Waals surface area contributed by atoms with Crippen molar-refractivity contribution in [3.8, 4) is 0 Å². The number of carbonyl (C=O) groups excluding carboxylic acids is 2. The van der Waals surface area contributed by atoms with Crippen LogP contribution >= 0.6 is 0 Å². The molecule has 5 heteroatoms. The van der Waals surface area contributed by atoms with E-state index >= 15 is 0 Å². The van der Waals surface area contributed by atoms with Crippen LogP contribution in [0.25, 0.3) is 0 Å². The summed E-state index contributed by atoms with van der Waals surface area (Å²) in [6, 6.07) is 7.93. The number of hydrogen-bond donors (Lipinski definition) is 0. The minimum Gasteiger partial charge on any atom is -0.381 e. The second kappa shape index (κ2) is 7.34. The van der Waals surface area contributed by atoms with Gasteiger partial charge in [0.25, 0.3) is 0 Å². The summed E-state index contributed by atoms with van der Waals surface area (Å²) in [6.07, 6.45) is 2.10. The summed E-state index contributed by atoms with van der Waals surface area (Å²) in [4.78, 5) is 28.2. The molecule has 2 heterocycles. The summed E-state index contributed by atoms with van der Waals surface area (Å²) in [7, 11) is 0. The van der Waals surface area contributed by atoms with Crippen molar-refractivity contribution in [2.24, 2.45) is 5.92 Å². The topological polar surface area (TPSA) is 49.9 Å². The van der Waals surface area contributed by atoms with Crippen molar-refractivity contribution in [2.75, 3.05) is 37.7 Å². The second-order valence-corrected chi connectivity index (χ2v) is 7.04. The average molecular weight is 330 g/mol. The number of rotatable bonds is 4. The van der Waals surface area contributed by atoms with Crippen LogP contribution in [0.3, 0.4) is 0 Å². The van der Waals surface area contributed by atoms with E-state index in [1.54, 1.807) is 9.80 Å². The molecule has 24 heavy (non-hydrogen) atoms. The highest BCUT2D eigenvalue weighted by Gasteiger charge is 2.34. The largest absolute Gasteiger partial charge is 0.381 e. The third-order valence-electron chi connectivity index (χ3n) is 4.91. The zero-order valence-electron chi connectivity index (χ0n) is 14.5. The number of piperazine rings is 1. The van der Waals surface area contributed by atoms with E-state index in [2.05, 4.69) is 13.8 Å². The maximum atomic E-state index is 12.5. The third kappa shape index (κ3) is 3.61. The van der Waals surface area contributed by atoms with E-state index in [1.807, 2.05) is 24.3 Å². The summed E-state index contributed by atoms with van der Waals surface area (Å²) in [5.41, 5.74) is 2.03. The number of anilines is 1. The van der Waals surface area contributed by atoms with Gasteiger partial charge in [-0.2, -0.15) is 0 Å². The summed E-state index contributed by atoms with van der Waals surface area (Å²) in [6.45, 7) is 7.55. The van der Waals surface area contributed by atoms with E-state index in [-0.39, 0.29) is 5.91 Å². The molecule has 2 aliphatic rings. The Bertz CT molecular complexity index is 591. The van der Waals surface area contributed by atoms with Gasteiger partial charge in [0, 0.05) is 31.9 Å². The Morgan fingerprint density at radius 2 is 1.88 bits per heavy atom. The van der Waals surface area contributed by atoms with Gasteiger partial charge in [0.2, 0.25) is 0 Å². The van der Waals surface area contributed by atoms with E-state index in [4.69, 9.17) is 4.74 Å². The summed E-state index contributed by atoms with van der Waals surface area (Å²) < 4.78 is 5.47. The number of ether oxygens (including phenoxy) is 1. The molecule has 0 spiro atoms. The zero-order chi connectivity index (χ0) is 17.1. The molecule has 1 atom stereocenters. The molecule has 5 nitrogen and oxygen atoms in total. The summed E-state index contributed by atoms with van der Waals surface area (Å²) in [5, 5.41) is 0. The molecule has 1 aromatic carbocycles. The number of nitrogens with zero attached hydrogens (tertiary/aromatic N) is 2. The van der Waals surface area contributed by atoms with Gasteiger partial charge >= 0.3 is 11.8 Å². The number of hydrogen-bond acceptors (Lipinski definition) is 3. The smallest absolute Gasteiger partial charge is 0.316 e. The SMILES string of the molecule is CC(C)c1ccc(N2CCN(CC3CCCOC3)C(=O)C2=O)cc1. The lowest BCUT2D eigenvalue weighted by molar-refractivity contribution is -0.147. The molecule has 0 N–H and O–H groups in total. The van der Waals surface area contributed by atoms with Crippen LogP contribution in [0.1, 0.15) is 38.2 Å². The van der Waals surface area contributed by atoms with Crippen LogP contribution in [0.4, 0.5) is 5.69 Å². The van der Waals surface area contributed by atoms with Gasteiger partial charge in [-0.05, 0) is 42.4 Å². The lowest BCUT2D eigenvalue weighted by atomic mass is 10.0. The second-order valence-electron chi connectivity index (χ2n) is 7.04. The first-order valence-corrected chi connectivity index (χ1v) is 8.84. The fourth-order valence-electron chi connectivity index (χ4n) is 3.40. The molecule has 2 aliphatic heterocycles. The lowest BCUT2D eigenvalue weighted by Crippen LogP contribution is -2.55. The Balaban J connectivity index is 1.64. The molecule has 0 aliphatic carbocycles. The summed E-state index contributed by atoms with van der Waals surface area (Å²) >= 11 is 0. The van der Waals surface area contributed by atoms with Crippen molar-refractivity contribution in [3.63, 3.8) is 0 Å². The highest BCUT2D eigenvalue weighted by molar-refractivity contribution is 6.41. The van der Waals surface area contributed by atoms with Gasteiger partial charge in [-0.3, -0.25) is 9.59 Å². The molecule has 1 unspecified atom stereocenters. The fraction of sp³-hybridized carbons (Fsp3) is 0.579. The molecule has 0 aromatic heterocycles. The quantitative estimate of drug-likeness (QED) is 0.797. The molecular formula is C19H26N2O3. The van der Waals surface area contributed by atoms with Crippen molar-refractivity contribution < 1.29 is 14.3 Å². The van der Waals surface area contributed by atoms with Crippen molar-refractivity contribution in [3.05, 3.63) is 29.8 Å². The van der Waals surface area contributed by atoms with E-state index in [0.29, 0.717) is 38.1 Å². The molecule has 2 saturated heterocycles. The fourth-order valence-corrected chi connectivity index (χ4v) is 3.40. The van der Waals surface area contributed by atoms with Crippen molar-refractivity contribution in [1.82, 2.24) is 4.90 Å². The van der Waals surface area contributed by atoms with Crippen molar-refractivity contribution in [1.29, 1.82) is 0 Å². The number of amides is 2. The van der Waals surface area contributed by atoms with Gasteiger partial charge in [-0.25, -0.2) is 0 Å². The van der Waals surface area contributed by atoms with E-state index in [9.17, 15) is 9.59 Å². The standard InChI is InChI=1S/C19H26N2O3/c1-14(2)16-5-7-17(8-6-16)21-10-9-20(18(22)19(21)23)12-15-4-3-11-24-13-15/h5-8,14-15H,3-4,9-13H2,1-2H3. The zero-order valence-corrected chi connectivity index (χ0v) is 14.5. The summed E-state index contributed by atoms with van der Waals surface area (Å²) in [5.74, 6) is -0.00615. The van der Waals surface area contributed by atoms with Crippen LogP contribution in [0.2, 0.25) is 0 Å². The molecular weight excluding hydrogens is 304 g/mol. The molecule has 1 aromatic rings. The van der Waals surface area contributed by atoms with E-state index < -0.39 is 5.91 Å². The van der Waals surface area contributed by atoms with Crippen LogP contribution in [0.15, 0.2) is 24.3 Å². The lowest BCUT2D eigenvalue weighted by Gasteiger charge is -2.36. The van der Waals surface area contributed by atoms with Gasteiger partial charge < -0.3 is 14.5 Å². The van der Waals surface area contributed by atoms with Crippen molar-refractivity contribution in [2.45, 2.75) is 32.6 Å². The Morgan fingerprint density at radius 3 is 2.50 bits per heavy atom. The maximum absolute atomic E-state index is 12.5. The van der Waals surface area contributed by atoms with Gasteiger partial charge in [-0.1, -0.05) is 26.0 Å². The van der Waals surface area contributed by atoms with Gasteiger partial charge in [0.05, 0.1) is 6.61 Å². The Kier molecular flexibility index (Phi) is 5.19. The monoisotopic (exact) mass is 330 g/mol. The highest BCUT2D eigenvalue weighted by atomic mass is 16.5. The highest BCUT2D eigenvalue weighted by Crippen LogP contribution is 2.23. The molecule has 0 bridgehead atoms. The predicted molar refractivity (Wildman–Crippen MR) is 93.0 cm³/mol. The van der Waals surface area contributed by atoms with Gasteiger partial charge in [-0.15, -0.1) is 0 Å². The first-order valence-electron chi connectivity index (χ1n) is 8.84. The predicted octanol–water partition coefficient (Wildman–Crippen LogP) is 2.41. The molecule has 0 radical (unpaired) electrons. The molecule has 0 saturated carbocycles. The van der Waals surface area contributed by atoms with E-state index in [1.165, 1.54) is 5.56 Å². The maximum Gasteiger partial charge on any atom is 0.316 e. The van der Waals surface area contributed by atoms with Crippen LogP contribution < -0.4 is 4.90 Å². The van der Waals surface area contributed by atoms with Gasteiger partial charge in [0.1, 0.15) is 0 Å². The van der Waals surface area contributed by atoms with Crippen LogP contribution in [0, 0.1) is 5.92 Å². The Labute approximate surface area is 143 Å². The first-order chi connectivity index (χ1) is 11.6. The van der Waals surface area contributed by atoms with Crippen LogP contribution in [-0.2, 0) is 14.3 Å². The van der Waals surface area contributed by atoms with Crippen molar-refractivity contribution >= 4 is 17.5 Å². The van der Waals surface area contributed by atoms with Gasteiger partial charge in [0.15, 0.2) is 0 Å². The number of carbonyl (C=O) groups is 2. The van der Waals surface area contributed by atoms with Crippen LogP contribution in [-0.4, -0.2) is 49.6 Å².